The van der Waals surface area contributed by atoms with Crippen LogP contribution in [0.15, 0.2) is 112 Å². The second-order valence-corrected chi connectivity index (χ2v) is 12.7. The highest BCUT2D eigenvalue weighted by molar-refractivity contribution is 7.89. The molecule has 0 unspecified atom stereocenters. The Balaban J connectivity index is 1.34. The van der Waals surface area contributed by atoms with Gasteiger partial charge in [-0.05, 0) is 78.9 Å². The molecule has 42 heavy (non-hydrogen) atoms. The molecule has 2 atom stereocenters. The number of nitrogens with zero attached hydrogens (tertiary/aromatic N) is 2. The summed E-state index contributed by atoms with van der Waals surface area (Å²) in [4.78, 5) is 11.7. The van der Waals surface area contributed by atoms with Crippen LogP contribution in [0.4, 0.5) is 14.5 Å². The molecule has 216 valence electrons. The van der Waals surface area contributed by atoms with Crippen LogP contribution in [-0.2, 0) is 16.6 Å². The molecule has 0 spiro atoms. The lowest BCUT2D eigenvalue weighted by atomic mass is 9.80. The van der Waals surface area contributed by atoms with Crippen LogP contribution < -0.4 is 16.2 Å². The Bertz CT molecular complexity index is 1770. The molecule has 1 amide bonds. The number of carbonyl (C=O) groups is 1. The highest BCUT2D eigenvalue weighted by Gasteiger charge is 2.40. The highest BCUT2D eigenvalue weighted by Crippen LogP contribution is 2.48. The summed E-state index contributed by atoms with van der Waals surface area (Å²) in [5.74, 6) is -1.63. The quantitative estimate of drug-likeness (QED) is 0.367. The van der Waals surface area contributed by atoms with E-state index in [4.69, 9.17) is 5.73 Å². The van der Waals surface area contributed by atoms with E-state index in [1.807, 2.05) is 11.2 Å². The van der Waals surface area contributed by atoms with E-state index < -0.39 is 21.7 Å². The number of amides is 1. The number of hydrogen-bond donors (Lipinski definition) is 2. The molecule has 0 saturated carbocycles. The molecule has 1 heterocycles. The number of sulfonamides is 1. The maximum absolute atomic E-state index is 14.8. The molecule has 7 nitrogen and oxygen atoms in total. The summed E-state index contributed by atoms with van der Waals surface area (Å²) in [5, 5.41) is 1.92. The average molecular weight is 589 g/mol. The van der Waals surface area contributed by atoms with Crippen LogP contribution in [0.5, 0.6) is 0 Å². The van der Waals surface area contributed by atoms with Crippen molar-refractivity contribution in [1.82, 2.24) is 9.73 Å². The van der Waals surface area contributed by atoms with Gasteiger partial charge in [0.15, 0.2) is 0 Å². The molecule has 0 aromatic heterocycles. The number of primary amides is 1. The van der Waals surface area contributed by atoms with Crippen LogP contribution in [-0.4, -0.2) is 25.2 Å². The predicted octanol–water partition coefficient (Wildman–Crippen LogP) is 5.40. The van der Waals surface area contributed by atoms with Crippen molar-refractivity contribution in [3.05, 3.63) is 130 Å². The third-order valence-corrected chi connectivity index (χ3v) is 10.1. The van der Waals surface area contributed by atoms with Crippen molar-refractivity contribution in [2.45, 2.75) is 31.2 Å². The number of hydrazine groups is 1. The summed E-state index contributed by atoms with van der Waals surface area (Å²) in [6.45, 7) is 2.09. The Hall–Kier alpha value is -4.28. The summed E-state index contributed by atoms with van der Waals surface area (Å²) in [6.07, 6.45) is 5.56. The molecule has 2 aliphatic carbocycles. The summed E-state index contributed by atoms with van der Waals surface area (Å²) in [6, 6.07) is 18.0. The predicted molar refractivity (Wildman–Crippen MR) is 156 cm³/mol. The van der Waals surface area contributed by atoms with Crippen LogP contribution in [0.25, 0.3) is 0 Å². The topological polar surface area (TPSA) is 95.7 Å². The molecule has 3 aromatic rings. The van der Waals surface area contributed by atoms with Crippen LogP contribution in [0.1, 0.15) is 35.7 Å². The summed E-state index contributed by atoms with van der Waals surface area (Å²) < 4.78 is 57.7. The summed E-state index contributed by atoms with van der Waals surface area (Å²) >= 11 is 0. The zero-order valence-corrected chi connectivity index (χ0v) is 23.7. The minimum absolute atomic E-state index is 0.00153. The van der Waals surface area contributed by atoms with Gasteiger partial charge in [0.25, 0.3) is 0 Å². The number of halogens is 2. The number of rotatable bonds is 8. The Kier molecular flexibility index (Phi) is 7.20. The first-order valence-electron chi connectivity index (χ1n) is 13.7. The molecular weight excluding hydrogens is 558 g/mol. The molecule has 6 rings (SSSR count). The van der Waals surface area contributed by atoms with Gasteiger partial charge in [0, 0.05) is 41.9 Å². The lowest BCUT2D eigenvalue weighted by Crippen LogP contribution is -2.36. The number of fused-ring (bicyclic) bond motifs is 1. The van der Waals surface area contributed by atoms with Crippen LogP contribution >= 0.6 is 0 Å². The lowest BCUT2D eigenvalue weighted by Gasteiger charge is -2.32. The lowest BCUT2D eigenvalue weighted by molar-refractivity contribution is 0.1000. The minimum Gasteiger partial charge on any atom is -0.366 e. The molecule has 0 bridgehead atoms. The van der Waals surface area contributed by atoms with Crippen molar-refractivity contribution >= 4 is 21.6 Å². The first kappa shape index (κ1) is 27.9. The maximum Gasteiger partial charge on any atom is 0.248 e. The Morgan fingerprint density at radius 3 is 2.57 bits per heavy atom. The zero-order valence-electron chi connectivity index (χ0n) is 22.9. The van der Waals surface area contributed by atoms with Gasteiger partial charge in [0.1, 0.15) is 11.6 Å². The summed E-state index contributed by atoms with van der Waals surface area (Å²) in [7, 11) is -4.13. The van der Waals surface area contributed by atoms with E-state index in [1.165, 1.54) is 46.8 Å². The Labute approximate surface area is 243 Å². The monoisotopic (exact) mass is 588 g/mol. The molecule has 0 fully saturated rings. The second kappa shape index (κ2) is 10.8. The third kappa shape index (κ3) is 5.01. The van der Waals surface area contributed by atoms with Gasteiger partial charge < -0.3 is 11.2 Å². The Morgan fingerprint density at radius 1 is 1.07 bits per heavy atom. The molecular formula is C32H30F2N4O3S. The zero-order chi connectivity index (χ0) is 29.6. The second-order valence-electron chi connectivity index (χ2n) is 10.8. The van der Waals surface area contributed by atoms with Gasteiger partial charge >= 0.3 is 0 Å². The van der Waals surface area contributed by atoms with Gasteiger partial charge in [0.05, 0.1) is 16.3 Å². The number of nitrogens with two attached hydrogens (primary N) is 1. The van der Waals surface area contributed by atoms with Crippen molar-refractivity contribution in [3.63, 3.8) is 0 Å². The normalized spacial score (nSPS) is 19.8. The fourth-order valence-electron chi connectivity index (χ4n) is 6.18. The van der Waals surface area contributed by atoms with Crippen LogP contribution in [0, 0.1) is 23.5 Å². The maximum atomic E-state index is 14.8. The SMILES string of the molecule is C[C@H]1C2=CNN(c3ccc(F)cc3)C2=CC2=C1[C@@H](CN(Cc1ccccc1F)S(=O)(=O)c1cccc(C(N)=O)c1)CC2. The fraction of sp³-hybridized carbons (Fsp3) is 0.219. The van der Waals surface area contributed by atoms with E-state index in [9.17, 15) is 22.0 Å². The van der Waals surface area contributed by atoms with Gasteiger partial charge in [-0.3, -0.25) is 9.80 Å². The number of nitrogens with one attached hydrogen (secondary N) is 1. The number of carbonyl (C=O) groups excluding carboxylic acids is 1. The molecule has 10 heteroatoms. The molecule has 3 N–H and O–H groups in total. The Morgan fingerprint density at radius 2 is 1.83 bits per heavy atom. The van der Waals surface area contributed by atoms with Gasteiger partial charge in [-0.2, -0.15) is 4.31 Å². The number of benzene rings is 3. The van der Waals surface area contributed by atoms with Crippen molar-refractivity contribution < 1.29 is 22.0 Å². The van der Waals surface area contributed by atoms with E-state index >= 15 is 0 Å². The standard InChI is InChI=1S/C32H30F2N4O3S/c1-20-28-17-36-38(26-13-11-25(33)12-14-26)30(28)16-21-9-10-24(31(20)21)19-37(18-23-5-2-3-8-29(23)34)42(40,41)27-7-4-6-22(15-27)32(35)39/h2-8,11-17,20,24,36H,9-10,18-19H2,1H3,(H2,35,39)/t20-,24+/m0/s1. The van der Waals surface area contributed by atoms with Crippen molar-refractivity contribution in [2.24, 2.45) is 17.6 Å². The average Bonchev–Trinajstić information content (AvgIpc) is 3.59. The molecule has 1 aliphatic heterocycles. The minimum atomic E-state index is -4.13. The number of anilines is 1. The smallest absolute Gasteiger partial charge is 0.248 e. The molecule has 3 aliphatic rings. The van der Waals surface area contributed by atoms with Gasteiger partial charge in [-0.25, -0.2) is 17.2 Å². The van der Waals surface area contributed by atoms with Crippen molar-refractivity contribution in [2.75, 3.05) is 11.6 Å². The first-order valence-corrected chi connectivity index (χ1v) is 15.2. The molecule has 0 radical (unpaired) electrons. The van der Waals surface area contributed by atoms with Gasteiger partial charge in [0.2, 0.25) is 15.9 Å². The van der Waals surface area contributed by atoms with E-state index in [2.05, 4.69) is 18.4 Å². The van der Waals surface area contributed by atoms with Gasteiger partial charge in [-0.1, -0.05) is 36.8 Å². The first-order chi connectivity index (χ1) is 20.1. The molecule has 3 aromatic carbocycles. The van der Waals surface area contributed by atoms with Gasteiger partial charge in [-0.15, -0.1) is 0 Å². The van der Waals surface area contributed by atoms with Crippen LogP contribution in [0.3, 0.4) is 0 Å². The van der Waals surface area contributed by atoms with E-state index in [0.717, 1.165) is 40.9 Å². The van der Waals surface area contributed by atoms with E-state index in [0.29, 0.717) is 0 Å². The number of allylic oxidation sites excluding steroid dienone is 3. The molecule has 0 saturated heterocycles. The van der Waals surface area contributed by atoms with E-state index in [1.54, 1.807) is 30.3 Å². The largest absolute Gasteiger partial charge is 0.366 e. The van der Waals surface area contributed by atoms with Crippen molar-refractivity contribution in [1.29, 1.82) is 0 Å². The highest BCUT2D eigenvalue weighted by atomic mass is 32.2. The van der Waals surface area contributed by atoms with Crippen LogP contribution in [0.2, 0.25) is 0 Å². The summed E-state index contributed by atoms with van der Waals surface area (Å²) in [5.41, 5.74) is 14.2. The third-order valence-electron chi connectivity index (χ3n) is 8.27. The van der Waals surface area contributed by atoms with Crippen molar-refractivity contribution in [3.8, 4) is 0 Å². The number of hydrogen-bond acceptors (Lipinski definition) is 5. The fourth-order valence-corrected chi connectivity index (χ4v) is 7.69. The van der Waals surface area contributed by atoms with E-state index in [-0.39, 0.29) is 46.8 Å².